The maximum Gasteiger partial charge on any atom is 0.255 e. The number of nitrogens with one attached hydrogen (secondary N) is 1. The minimum Gasteiger partial charge on any atom is -0.348 e. The van der Waals surface area contributed by atoms with Crippen LogP contribution >= 0.6 is 0 Å². The molecule has 5 nitrogen and oxygen atoms in total. The summed E-state index contributed by atoms with van der Waals surface area (Å²) < 4.78 is 1.77. The van der Waals surface area contributed by atoms with Crippen LogP contribution < -0.4 is 11.1 Å². The van der Waals surface area contributed by atoms with Crippen LogP contribution in [0.5, 0.6) is 0 Å². The highest BCUT2D eigenvalue weighted by atomic mass is 16.1. The largest absolute Gasteiger partial charge is 0.348 e. The molecule has 1 aliphatic rings. The first-order valence-electron chi connectivity index (χ1n) is 9.39. The second kappa shape index (κ2) is 7.37. The lowest BCUT2D eigenvalue weighted by Crippen LogP contribution is -2.41. The molecule has 1 atom stereocenters. The Hall–Kier alpha value is -2.92. The number of para-hydroxylation sites is 1. The Morgan fingerprint density at radius 2 is 1.89 bits per heavy atom. The van der Waals surface area contributed by atoms with Crippen LogP contribution in [0, 0.1) is 12.8 Å². The van der Waals surface area contributed by atoms with Crippen LogP contribution in [0.1, 0.15) is 28.8 Å². The highest BCUT2D eigenvalue weighted by Crippen LogP contribution is 2.33. The van der Waals surface area contributed by atoms with Gasteiger partial charge in [-0.25, -0.2) is 4.68 Å². The number of rotatable bonds is 6. The van der Waals surface area contributed by atoms with Crippen LogP contribution in [0.15, 0.2) is 60.8 Å². The first-order valence-corrected chi connectivity index (χ1v) is 9.39. The van der Waals surface area contributed by atoms with Gasteiger partial charge in [-0.15, -0.1) is 0 Å². The summed E-state index contributed by atoms with van der Waals surface area (Å²) >= 11 is 0. The van der Waals surface area contributed by atoms with Gasteiger partial charge in [-0.05, 0) is 43.4 Å². The summed E-state index contributed by atoms with van der Waals surface area (Å²) in [6, 6.07) is 17.9. The van der Waals surface area contributed by atoms with Crippen molar-refractivity contribution in [3.8, 4) is 16.9 Å². The van der Waals surface area contributed by atoms with E-state index in [0.29, 0.717) is 23.7 Å². The number of aryl methyl sites for hydroxylation is 1. The molecule has 1 unspecified atom stereocenters. The van der Waals surface area contributed by atoms with E-state index in [4.69, 9.17) is 10.8 Å². The van der Waals surface area contributed by atoms with Gasteiger partial charge in [-0.3, -0.25) is 4.79 Å². The van der Waals surface area contributed by atoms with Crippen molar-refractivity contribution in [3.05, 3.63) is 71.9 Å². The Balaban J connectivity index is 1.75. The summed E-state index contributed by atoms with van der Waals surface area (Å²) in [7, 11) is 0. The lowest BCUT2D eigenvalue weighted by atomic mass is 10.0. The number of aromatic nitrogens is 2. The SMILES string of the molecule is Cc1ccccc1-c1nn(-c2ccccc2)cc1C(=O)NC(CN)C1CC1. The zero-order chi connectivity index (χ0) is 18.8. The molecule has 2 aromatic carbocycles. The second-order valence-electron chi connectivity index (χ2n) is 7.14. The second-order valence-corrected chi connectivity index (χ2v) is 7.14. The van der Waals surface area contributed by atoms with E-state index in [1.165, 1.54) is 0 Å². The standard InChI is InChI=1S/C22H24N4O/c1-15-7-5-6-10-18(15)21-19(22(27)24-20(13-23)16-11-12-16)14-26(25-21)17-8-3-2-4-9-17/h2-10,14,16,20H,11-13,23H2,1H3,(H,24,27). The van der Waals surface area contributed by atoms with Crippen LogP contribution in [0.4, 0.5) is 0 Å². The van der Waals surface area contributed by atoms with Crippen molar-refractivity contribution in [1.82, 2.24) is 15.1 Å². The van der Waals surface area contributed by atoms with Gasteiger partial charge >= 0.3 is 0 Å². The van der Waals surface area contributed by atoms with Gasteiger partial charge in [0, 0.05) is 24.3 Å². The Kier molecular flexibility index (Phi) is 4.77. The molecular formula is C22H24N4O. The minimum atomic E-state index is -0.113. The topological polar surface area (TPSA) is 72.9 Å². The average Bonchev–Trinajstić information content (AvgIpc) is 3.45. The van der Waals surface area contributed by atoms with Gasteiger partial charge in [0.05, 0.1) is 11.3 Å². The fourth-order valence-electron chi connectivity index (χ4n) is 3.40. The summed E-state index contributed by atoms with van der Waals surface area (Å²) in [4.78, 5) is 13.1. The minimum absolute atomic E-state index is 0.0299. The van der Waals surface area contributed by atoms with Crippen molar-refractivity contribution in [3.63, 3.8) is 0 Å². The number of nitrogens with zero attached hydrogens (tertiary/aromatic N) is 2. The van der Waals surface area contributed by atoms with E-state index in [0.717, 1.165) is 29.7 Å². The monoisotopic (exact) mass is 360 g/mol. The van der Waals surface area contributed by atoms with Crippen molar-refractivity contribution in [1.29, 1.82) is 0 Å². The molecule has 138 valence electrons. The van der Waals surface area contributed by atoms with Gasteiger partial charge in [-0.2, -0.15) is 5.10 Å². The lowest BCUT2D eigenvalue weighted by Gasteiger charge is -2.16. The highest BCUT2D eigenvalue weighted by molar-refractivity contribution is 6.00. The third kappa shape index (κ3) is 3.64. The molecule has 3 aromatic rings. The molecule has 27 heavy (non-hydrogen) atoms. The molecule has 4 rings (SSSR count). The van der Waals surface area contributed by atoms with Gasteiger partial charge in [0.15, 0.2) is 0 Å². The number of nitrogens with two attached hydrogens (primary N) is 1. The average molecular weight is 360 g/mol. The van der Waals surface area contributed by atoms with Gasteiger partial charge in [-0.1, -0.05) is 42.5 Å². The summed E-state index contributed by atoms with van der Waals surface area (Å²) in [5, 5.41) is 7.87. The Morgan fingerprint density at radius 3 is 2.56 bits per heavy atom. The van der Waals surface area contributed by atoms with Gasteiger partial charge < -0.3 is 11.1 Å². The van der Waals surface area contributed by atoms with Crippen molar-refractivity contribution < 1.29 is 4.79 Å². The summed E-state index contributed by atoms with van der Waals surface area (Å²) in [6.45, 7) is 2.49. The van der Waals surface area contributed by atoms with Crippen LogP contribution in [-0.2, 0) is 0 Å². The van der Waals surface area contributed by atoms with E-state index in [1.54, 1.807) is 4.68 Å². The number of carbonyl (C=O) groups excluding carboxylic acids is 1. The highest BCUT2D eigenvalue weighted by Gasteiger charge is 2.32. The molecule has 1 saturated carbocycles. The number of hydrogen-bond donors (Lipinski definition) is 2. The molecule has 1 amide bonds. The molecule has 0 saturated heterocycles. The fourth-order valence-corrected chi connectivity index (χ4v) is 3.40. The van der Waals surface area contributed by atoms with Gasteiger partial charge in [0.1, 0.15) is 5.69 Å². The zero-order valence-electron chi connectivity index (χ0n) is 15.4. The summed E-state index contributed by atoms with van der Waals surface area (Å²) in [5.74, 6) is 0.391. The first-order chi connectivity index (χ1) is 13.2. The Morgan fingerprint density at radius 1 is 1.19 bits per heavy atom. The van der Waals surface area contributed by atoms with E-state index < -0.39 is 0 Å². The quantitative estimate of drug-likeness (QED) is 0.708. The zero-order valence-corrected chi connectivity index (χ0v) is 15.4. The fraction of sp³-hybridized carbons (Fsp3) is 0.273. The van der Waals surface area contributed by atoms with E-state index in [9.17, 15) is 4.79 Å². The molecule has 0 bridgehead atoms. The lowest BCUT2D eigenvalue weighted by molar-refractivity contribution is 0.0934. The third-order valence-electron chi connectivity index (χ3n) is 5.14. The Labute approximate surface area is 159 Å². The van der Waals surface area contributed by atoms with Crippen molar-refractivity contribution in [2.45, 2.75) is 25.8 Å². The predicted octanol–water partition coefficient (Wildman–Crippen LogP) is 3.31. The van der Waals surface area contributed by atoms with Crippen LogP contribution in [0.25, 0.3) is 16.9 Å². The summed E-state index contributed by atoms with van der Waals surface area (Å²) in [5.41, 5.74) is 10.1. The summed E-state index contributed by atoms with van der Waals surface area (Å²) in [6.07, 6.45) is 4.08. The molecule has 1 aliphatic carbocycles. The number of carbonyl (C=O) groups is 1. The predicted molar refractivity (Wildman–Crippen MR) is 107 cm³/mol. The molecule has 3 N–H and O–H groups in total. The van der Waals surface area contributed by atoms with Crippen molar-refractivity contribution in [2.75, 3.05) is 6.54 Å². The normalized spacial score (nSPS) is 14.7. The molecule has 1 heterocycles. The van der Waals surface area contributed by atoms with Crippen molar-refractivity contribution >= 4 is 5.91 Å². The number of hydrogen-bond acceptors (Lipinski definition) is 3. The Bertz CT molecular complexity index is 944. The maximum atomic E-state index is 13.1. The molecule has 0 radical (unpaired) electrons. The third-order valence-corrected chi connectivity index (χ3v) is 5.14. The molecule has 0 aliphatic heterocycles. The maximum absolute atomic E-state index is 13.1. The van der Waals surface area contributed by atoms with E-state index in [1.807, 2.05) is 67.7 Å². The van der Waals surface area contributed by atoms with Crippen LogP contribution in [0.3, 0.4) is 0 Å². The molecule has 1 aromatic heterocycles. The van der Waals surface area contributed by atoms with E-state index >= 15 is 0 Å². The van der Waals surface area contributed by atoms with Crippen LogP contribution in [-0.4, -0.2) is 28.3 Å². The molecular weight excluding hydrogens is 336 g/mol. The van der Waals surface area contributed by atoms with Crippen molar-refractivity contribution in [2.24, 2.45) is 11.7 Å². The molecule has 0 spiro atoms. The van der Waals surface area contributed by atoms with Gasteiger partial charge in [0.2, 0.25) is 0 Å². The molecule has 5 heteroatoms. The van der Waals surface area contributed by atoms with E-state index in [-0.39, 0.29) is 11.9 Å². The van der Waals surface area contributed by atoms with E-state index in [2.05, 4.69) is 5.32 Å². The van der Waals surface area contributed by atoms with Crippen LogP contribution in [0.2, 0.25) is 0 Å². The number of benzene rings is 2. The first kappa shape index (κ1) is 17.5. The number of amides is 1. The smallest absolute Gasteiger partial charge is 0.255 e. The molecule has 1 fully saturated rings. The van der Waals surface area contributed by atoms with Gasteiger partial charge in [0.25, 0.3) is 5.91 Å².